The molecule has 1 amide bonds. The number of hydrogen-bond donors (Lipinski definition) is 1. The first-order valence-corrected chi connectivity index (χ1v) is 6.10. The minimum Gasteiger partial charge on any atom is -0.464 e. The predicted molar refractivity (Wildman–Crippen MR) is 72.5 cm³/mol. The summed E-state index contributed by atoms with van der Waals surface area (Å²) >= 11 is 5.93. The number of ether oxygens (including phenoxy) is 1. The van der Waals surface area contributed by atoms with Gasteiger partial charge in [-0.15, -0.1) is 0 Å². The zero-order valence-corrected chi connectivity index (χ0v) is 10.6. The Balaban J connectivity index is 2.19. The summed E-state index contributed by atoms with van der Waals surface area (Å²) in [7, 11) is 0. The molecule has 0 saturated heterocycles. The van der Waals surface area contributed by atoms with Crippen molar-refractivity contribution in [1.82, 2.24) is 0 Å². The average Bonchev–Trinajstić information content (AvgIpc) is 2.55. The Morgan fingerprint density at radius 2 is 2.26 bits per heavy atom. The first-order chi connectivity index (χ1) is 9.15. The van der Waals surface area contributed by atoms with E-state index in [1.165, 1.54) is 0 Å². The van der Waals surface area contributed by atoms with Gasteiger partial charge in [0.15, 0.2) is 5.75 Å². The summed E-state index contributed by atoms with van der Waals surface area (Å²) in [5.41, 5.74) is 1.24. The van der Waals surface area contributed by atoms with E-state index in [4.69, 9.17) is 16.3 Å². The standard InChI is InChI=1S/C14H10ClNO3/c15-10-5-6-13-11(7-10)16(14(17)18)8-9-3-1-2-4-12(9)19-13/h1-2,4-8H,3H2,(H,17,18). The van der Waals surface area contributed by atoms with Crippen LogP contribution >= 0.6 is 11.6 Å². The summed E-state index contributed by atoms with van der Waals surface area (Å²) < 4.78 is 5.77. The van der Waals surface area contributed by atoms with Crippen molar-refractivity contribution in [2.24, 2.45) is 0 Å². The highest BCUT2D eigenvalue weighted by Crippen LogP contribution is 2.38. The number of rotatable bonds is 0. The molecule has 2 aliphatic rings. The van der Waals surface area contributed by atoms with Gasteiger partial charge >= 0.3 is 6.09 Å². The third kappa shape index (κ3) is 2.11. The molecule has 0 fully saturated rings. The molecule has 0 atom stereocenters. The van der Waals surface area contributed by atoms with Crippen LogP contribution in [0, 0.1) is 0 Å². The van der Waals surface area contributed by atoms with Gasteiger partial charge in [-0.2, -0.15) is 0 Å². The number of hydrogen-bond acceptors (Lipinski definition) is 2. The summed E-state index contributed by atoms with van der Waals surface area (Å²) in [5, 5.41) is 9.80. The Hall–Kier alpha value is -2.20. The molecule has 0 aromatic heterocycles. The summed E-state index contributed by atoms with van der Waals surface area (Å²) in [4.78, 5) is 12.5. The zero-order chi connectivity index (χ0) is 13.4. The summed E-state index contributed by atoms with van der Waals surface area (Å²) in [6, 6.07) is 4.92. The first-order valence-electron chi connectivity index (χ1n) is 5.72. The van der Waals surface area contributed by atoms with E-state index in [0.717, 1.165) is 10.5 Å². The van der Waals surface area contributed by atoms with Crippen LogP contribution in [-0.2, 0) is 0 Å². The van der Waals surface area contributed by atoms with E-state index >= 15 is 0 Å². The Kier molecular flexibility index (Phi) is 2.80. The fraction of sp³-hybridized carbons (Fsp3) is 0.0714. The number of carbonyl (C=O) groups is 1. The van der Waals surface area contributed by atoms with Crippen molar-refractivity contribution in [3.05, 3.63) is 59.0 Å². The quantitative estimate of drug-likeness (QED) is 0.780. The van der Waals surface area contributed by atoms with Crippen molar-refractivity contribution >= 4 is 23.4 Å². The SMILES string of the molecule is O=C(O)N1C=C2CC=CC=C2Oc2ccc(Cl)cc21. The van der Waals surface area contributed by atoms with Crippen LogP contribution < -0.4 is 9.64 Å². The molecule has 96 valence electrons. The highest BCUT2D eigenvalue weighted by atomic mass is 35.5. The largest absolute Gasteiger partial charge is 0.464 e. The lowest BCUT2D eigenvalue weighted by Gasteiger charge is -2.15. The molecule has 1 aliphatic heterocycles. The van der Waals surface area contributed by atoms with Crippen LogP contribution in [-0.4, -0.2) is 11.2 Å². The second-order valence-corrected chi connectivity index (χ2v) is 4.62. The van der Waals surface area contributed by atoms with E-state index in [-0.39, 0.29) is 0 Å². The number of benzene rings is 1. The molecule has 1 heterocycles. The zero-order valence-electron chi connectivity index (χ0n) is 9.84. The smallest absolute Gasteiger partial charge is 0.416 e. The number of amides is 1. The maximum absolute atomic E-state index is 11.4. The summed E-state index contributed by atoms with van der Waals surface area (Å²) in [5.74, 6) is 1.13. The van der Waals surface area contributed by atoms with Crippen LogP contribution in [0.15, 0.2) is 54.0 Å². The third-order valence-corrected chi connectivity index (χ3v) is 3.16. The molecule has 1 aromatic carbocycles. The second-order valence-electron chi connectivity index (χ2n) is 4.18. The molecule has 4 nitrogen and oxygen atoms in total. The molecule has 0 bridgehead atoms. The van der Waals surface area contributed by atoms with Crippen LogP contribution in [0.3, 0.4) is 0 Å². The van der Waals surface area contributed by atoms with Crippen molar-refractivity contribution < 1.29 is 14.6 Å². The van der Waals surface area contributed by atoms with Crippen LogP contribution in [0.2, 0.25) is 5.02 Å². The Labute approximate surface area is 114 Å². The van der Waals surface area contributed by atoms with Gasteiger partial charge in [-0.3, -0.25) is 0 Å². The molecule has 5 heteroatoms. The minimum atomic E-state index is -1.07. The molecular formula is C14H10ClNO3. The Morgan fingerprint density at radius 3 is 3.05 bits per heavy atom. The fourth-order valence-electron chi connectivity index (χ4n) is 2.04. The van der Waals surface area contributed by atoms with Crippen LogP contribution in [0.4, 0.5) is 10.5 Å². The van der Waals surface area contributed by atoms with E-state index in [2.05, 4.69) is 0 Å². The maximum Gasteiger partial charge on any atom is 0.416 e. The molecule has 3 rings (SSSR count). The molecule has 0 unspecified atom stereocenters. The highest BCUT2D eigenvalue weighted by molar-refractivity contribution is 6.31. The van der Waals surface area contributed by atoms with Crippen molar-refractivity contribution in [3.8, 4) is 5.75 Å². The van der Waals surface area contributed by atoms with Gasteiger partial charge in [0.2, 0.25) is 0 Å². The lowest BCUT2D eigenvalue weighted by molar-refractivity contribution is 0.204. The number of carboxylic acid groups (broad SMARTS) is 1. The van der Waals surface area contributed by atoms with E-state index in [9.17, 15) is 9.90 Å². The molecular weight excluding hydrogens is 266 g/mol. The van der Waals surface area contributed by atoms with Gasteiger partial charge in [-0.1, -0.05) is 23.8 Å². The van der Waals surface area contributed by atoms with E-state index in [1.807, 2.05) is 18.2 Å². The summed E-state index contributed by atoms with van der Waals surface area (Å²) in [6.45, 7) is 0. The minimum absolute atomic E-state index is 0.419. The molecule has 1 aliphatic carbocycles. The van der Waals surface area contributed by atoms with Crippen LogP contribution in [0.1, 0.15) is 6.42 Å². The van der Waals surface area contributed by atoms with Gasteiger partial charge in [0.25, 0.3) is 0 Å². The van der Waals surface area contributed by atoms with Crippen molar-refractivity contribution in [2.75, 3.05) is 4.90 Å². The number of fused-ring (bicyclic) bond motifs is 2. The van der Waals surface area contributed by atoms with E-state index in [1.54, 1.807) is 24.4 Å². The predicted octanol–water partition coefficient (Wildman–Crippen LogP) is 3.94. The van der Waals surface area contributed by atoms with E-state index < -0.39 is 6.09 Å². The molecule has 0 radical (unpaired) electrons. The lowest BCUT2D eigenvalue weighted by Crippen LogP contribution is -2.23. The molecule has 1 N–H and O–H groups in total. The van der Waals surface area contributed by atoms with Crippen LogP contribution in [0.25, 0.3) is 0 Å². The van der Waals surface area contributed by atoms with Gasteiger partial charge in [0, 0.05) is 16.8 Å². The average molecular weight is 276 g/mol. The Morgan fingerprint density at radius 1 is 1.42 bits per heavy atom. The van der Waals surface area contributed by atoms with Gasteiger partial charge in [0.05, 0.1) is 5.69 Å². The molecule has 1 aromatic rings. The van der Waals surface area contributed by atoms with Crippen molar-refractivity contribution in [2.45, 2.75) is 6.42 Å². The molecule has 0 spiro atoms. The second kappa shape index (κ2) is 4.48. The topological polar surface area (TPSA) is 49.8 Å². The van der Waals surface area contributed by atoms with Crippen LogP contribution in [0.5, 0.6) is 5.75 Å². The van der Waals surface area contributed by atoms with Crippen molar-refractivity contribution in [1.29, 1.82) is 0 Å². The fourth-order valence-corrected chi connectivity index (χ4v) is 2.21. The molecule has 0 saturated carbocycles. The third-order valence-electron chi connectivity index (χ3n) is 2.93. The summed E-state index contributed by atoms with van der Waals surface area (Å²) in [6.07, 6.45) is 6.78. The number of anilines is 1. The highest BCUT2D eigenvalue weighted by Gasteiger charge is 2.24. The van der Waals surface area contributed by atoms with Gasteiger partial charge in [-0.05, 0) is 30.7 Å². The number of allylic oxidation sites excluding steroid dienone is 4. The normalized spacial score (nSPS) is 16.6. The number of halogens is 1. The van der Waals surface area contributed by atoms with Gasteiger partial charge in [0.1, 0.15) is 5.76 Å². The lowest BCUT2D eigenvalue weighted by atomic mass is 10.1. The maximum atomic E-state index is 11.4. The van der Waals surface area contributed by atoms with Gasteiger partial charge in [-0.25, -0.2) is 9.69 Å². The number of nitrogens with zero attached hydrogens (tertiary/aromatic N) is 1. The van der Waals surface area contributed by atoms with E-state index in [0.29, 0.717) is 28.6 Å². The van der Waals surface area contributed by atoms with Crippen molar-refractivity contribution in [3.63, 3.8) is 0 Å². The Bertz CT molecular complexity index is 646. The first kappa shape index (κ1) is 11.9. The monoisotopic (exact) mass is 275 g/mol. The molecule has 19 heavy (non-hydrogen) atoms. The van der Waals surface area contributed by atoms with Gasteiger partial charge < -0.3 is 9.84 Å².